The van der Waals surface area contributed by atoms with Gasteiger partial charge in [0.15, 0.2) is 9.84 Å². The van der Waals surface area contributed by atoms with Gasteiger partial charge in [0, 0.05) is 10.8 Å². The summed E-state index contributed by atoms with van der Waals surface area (Å²) < 4.78 is 25.9. The van der Waals surface area contributed by atoms with Crippen LogP contribution in [0.15, 0.2) is 24.3 Å². The molecule has 2 atom stereocenters. The molecule has 0 saturated carbocycles. The molecule has 0 aromatic carbocycles. The van der Waals surface area contributed by atoms with Crippen LogP contribution in [0, 0.1) is 10.8 Å². The fraction of sp³-hybridized carbons (Fsp3) is 0.750. The molecule has 0 N–H and O–H groups in total. The zero-order valence-electron chi connectivity index (χ0n) is 12.5. The van der Waals surface area contributed by atoms with Crippen LogP contribution in [-0.2, 0) is 9.84 Å². The third-order valence-electron chi connectivity index (χ3n) is 5.68. The molecule has 0 aromatic rings. The van der Waals surface area contributed by atoms with Crippen molar-refractivity contribution in [2.24, 2.45) is 10.8 Å². The molecule has 108 valence electrons. The van der Waals surface area contributed by atoms with E-state index < -0.39 is 9.84 Å². The average molecular weight is 282 g/mol. The Hall–Kier alpha value is -0.570. The highest BCUT2D eigenvalue weighted by molar-refractivity contribution is 7.93. The predicted molar refractivity (Wildman–Crippen MR) is 80.8 cm³/mol. The molecule has 0 aliphatic heterocycles. The van der Waals surface area contributed by atoms with Crippen molar-refractivity contribution in [2.75, 3.05) is 0 Å². The first-order valence-electron chi connectivity index (χ1n) is 7.54. The third kappa shape index (κ3) is 1.84. The van der Waals surface area contributed by atoms with Gasteiger partial charge < -0.3 is 0 Å². The topological polar surface area (TPSA) is 34.1 Å². The molecule has 2 nitrogen and oxygen atoms in total. The Kier molecular flexibility index (Phi) is 3.72. The van der Waals surface area contributed by atoms with Gasteiger partial charge in [0.2, 0.25) is 0 Å². The van der Waals surface area contributed by atoms with Gasteiger partial charge in [0.1, 0.15) is 0 Å². The van der Waals surface area contributed by atoms with Crippen LogP contribution in [0.2, 0.25) is 0 Å². The minimum absolute atomic E-state index is 0.116. The summed E-state index contributed by atoms with van der Waals surface area (Å²) in [5.74, 6) is 0. The van der Waals surface area contributed by atoms with Crippen molar-refractivity contribution in [2.45, 2.75) is 63.9 Å². The summed E-state index contributed by atoms with van der Waals surface area (Å²) in [4.78, 5) is 0. The fourth-order valence-corrected chi connectivity index (χ4v) is 6.74. The summed E-state index contributed by atoms with van der Waals surface area (Å²) in [5.41, 5.74) is -0.231. The Labute approximate surface area is 117 Å². The molecule has 2 aliphatic rings. The smallest absolute Gasteiger partial charge is 0.164 e. The van der Waals surface area contributed by atoms with Crippen LogP contribution in [0.3, 0.4) is 0 Å². The maximum absolute atomic E-state index is 13.0. The van der Waals surface area contributed by atoms with Crippen molar-refractivity contribution >= 4 is 9.84 Å². The van der Waals surface area contributed by atoms with E-state index in [0.717, 1.165) is 25.7 Å². The van der Waals surface area contributed by atoms with E-state index in [-0.39, 0.29) is 21.3 Å². The molecular weight excluding hydrogens is 256 g/mol. The summed E-state index contributed by atoms with van der Waals surface area (Å²) in [6.07, 6.45) is 11.7. The van der Waals surface area contributed by atoms with Gasteiger partial charge in [-0.15, -0.1) is 0 Å². The predicted octanol–water partition coefficient (Wildman–Crippen LogP) is 3.89. The lowest BCUT2D eigenvalue weighted by atomic mass is 9.71. The van der Waals surface area contributed by atoms with E-state index in [2.05, 4.69) is 39.8 Å². The number of hydrogen-bond donors (Lipinski definition) is 0. The second-order valence-electron chi connectivity index (χ2n) is 6.03. The highest BCUT2D eigenvalue weighted by atomic mass is 32.2. The van der Waals surface area contributed by atoms with Crippen molar-refractivity contribution < 1.29 is 8.42 Å². The van der Waals surface area contributed by atoms with E-state index in [9.17, 15) is 8.42 Å². The lowest BCUT2D eigenvalue weighted by Gasteiger charge is -2.48. The maximum Gasteiger partial charge on any atom is 0.164 e. The molecular formula is C16H26O2S. The highest BCUT2D eigenvalue weighted by Gasteiger charge is 2.54. The van der Waals surface area contributed by atoms with Crippen molar-refractivity contribution in [1.29, 1.82) is 0 Å². The highest BCUT2D eigenvalue weighted by Crippen LogP contribution is 2.51. The summed E-state index contributed by atoms with van der Waals surface area (Å²) in [5, 5.41) is -0.551. The first-order chi connectivity index (χ1) is 8.92. The van der Waals surface area contributed by atoms with Crippen molar-refractivity contribution in [3.8, 4) is 0 Å². The van der Waals surface area contributed by atoms with Crippen LogP contribution >= 0.6 is 0 Å². The molecule has 0 amide bonds. The van der Waals surface area contributed by atoms with Gasteiger partial charge in [0.05, 0.1) is 10.5 Å². The van der Waals surface area contributed by atoms with Gasteiger partial charge >= 0.3 is 0 Å². The molecule has 0 aromatic heterocycles. The van der Waals surface area contributed by atoms with E-state index in [1.54, 1.807) is 0 Å². The van der Waals surface area contributed by atoms with E-state index in [1.807, 2.05) is 12.2 Å². The molecule has 0 radical (unpaired) electrons. The number of allylic oxidation sites excluding steroid dienone is 2. The minimum Gasteiger partial charge on any atom is -0.228 e. The maximum atomic E-state index is 13.0. The molecule has 19 heavy (non-hydrogen) atoms. The molecule has 0 fully saturated rings. The number of sulfone groups is 1. The van der Waals surface area contributed by atoms with E-state index in [1.165, 1.54) is 0 Å². The van der Waals surface area contributed by atoms with Gasteiger partial charge in [0.25, 0.3) is 0 Å². The van der Waals surface area contributed by atoms with Crippen molar-refractivity contribution in [1.82, 2.24) is 0 Å². The first-order valence-corrected chi connectivity index (χ1v) is 9.14. The van der Waals surface area contributed by atoms with Gasteiger partial charge in [-0.3, -0.25) is 0 Å². The fourth-order valence-electron chi connectivity index (χ4n) is 3.70. The third-order valence-corrected chi connectivity index (χ3v) is 8.35. The van der Waals surface area contributed by atoms with Crippen LogP contribution in [0.4, 0.5) is 0 Å². The van der Waals surface area contributed by atoms with Crippen molar-refractivity contribution in [3.05, 3.63) is 24.3 Å². The zero-order chi connectivity index (χ0) is 14.3. The van der Waals surface area contributed by atoms with E-state index >= 15 is 0 Å². The summed E-state index contributed by atoms with van der Waals surface area (Å²) in [7, 11) is -3.10. The SMILES string of the molecule is CCC1(CC)C=CC1S(=O)(=O)C1C=CC1(CC)CC. The van der Waals surface area contributed by atoms with Gasteiger partial charge in [-0.25, -0.2) is 8.42 Å². The van der Waals surface area contributed by atoms with E-state index in [4.69, 9.17) is 0 Å². The van der Waals surface area contributed by atoms with Gasteiger partial charge in [-0.05, 0) is 25.7 Å². The number of hydrogen-bond acceptors (Lipinski definition) is 2. The largest absolute Gasteiger partial charge is 0.228 e. The quantitative estimate of drug-likeness (QED) is 0.693. The van der Waals surface area contributed by atoms with Crippen LogP contribution in [0.5, 0.6) is 0 Å². The monoisotopic (exact) mass is 282 g/mol. The number of rotatable bonds is 6. The normalized spacial score (nSPS) is 30.7. The molecule has 2 aliphatic carbocycles. The average Bonchev–Trinajstić information content (AvgIpc) is 2.29. The molecule has 0 bridgehead atoms. The Bertz CT molecular complexity index is 451. The molecule has 2 rings (SSSR count). The summed E-state index contributed by atoms with van der Waals surface area (Å²) >= 11 is 0. The molecule has 0 spiro atoms. The standard InChI is InChI=1S/C16H26O2S/c1-5-15(6-2)11-9-13(15)19(17,18)14-10-12-16(14,7-3)8-4/h9-14H,5-8H2,1-4H3. The van der Waals surface area contributed by atoms with Crippen LogP contribution in [0.25, 0.3) is 0 Å². The zero-order valence-corrected chi connectivity index (χ0v) is 13.3. The first kappa shape index (κ1) is 14.8. The summed E-state index contributed by atoms with van der Waals surface area (Å²) in [6.45, 7) is 8.39. The minimum atomic E-state index is -3.10. The second-order valence-corrected chi connectivity index (χ2v) is 8.22. The van der Waals surface area contributed by atoms with Crippen molar-refractivity contribution in [3.63, 3.8) is 0 Å². The Morgan fingerprint density at radius 3 is 1.26 bits per heavy atom. The van der Waals surface area contributed by atoms with Crippen LogP contribution in [-0.4, -0.2) is 18.9 Å². The Morgan fingerprint density at radius 2 is 1.11 bits per heavy atom. The Balaban J connectivity index is 2.32. The molecule has 3 heteroatoms. The van der Waals surface area contributed by atoms with Gasteiger partial charge in [-0.2, -0.15) is 0 Å². The van der Waals surface area contributed by atoms with E-state index in [0.29, 0.717) is 0 Å². The lowest BCUT2D eigenvalue weighted by molar-refractivity contribution is 0.297. The molecule has 2 unspecified atom stereocenters. The van der Waals surface area contributed by atoms with Crippen LogP contribution < -0.4 is 0 Å². The molecule has 0 saturated heterocycles. The second kappa shape index (κ2) is 4.76. The van der Waals surface area contributed by atoms with Gasteiger partial charge in [-0.1, -0.05) is 52.0 Å². The summed E-state index contributed by atoms with van der Waals surface area (Å²) in [6, 6.07) is 0. The lowest BCUT2D eigenvalue weighted by Crippen LogP contribution is -2.53. The Morgan fingerprint density at radius 1 is 0.789 bits per heavy atom. The van der Waals surface area contributed by atoms with Crippen LogP contribution in [0.1, 0.15) is 53.4 Å². The molecule has 0 heterocycles.